The summed E-state index contributed by atoms with van der Waals surface area (Å²) in [4.78, 5) is 13.1. The van der Waals surface area contributed by atoms with Gasteiger partial charge in [0.15, 0.2) is 5.78 Å². The van der Waals surface area contributed by atoms with Crippen molar-refractivity contribution >= 4 is 29.0 Å². The van der Waals surface area contributed by atoms with Crippen molar-refractivity contribution in [3.63, 3.8) is 0 Å². The normalized spacial score (nSPS) is 23.9. The number of halogens is 2. The zero-order chi connectivity index (χ0) is 17.2. The lowest BCUT2D eigenvalue weighted by Crippen LogP contribution is -2.53. The summed E-state index contributed by atoms with van der Waals surface area (Å²) in [5.41, 5.74) is 0.825. The molecule has 1 heterocycles. The van der Waals surface area contributed by atoms with Gasteiger partial charge >= 0.3 is 0 Å². The molecule has 0 aromatic heterocycles. The van der Waals surface area contributed by atoms with Crippen molar-refractivity contribution in [2.45, 2.75) is 11.8 Å². The number of piperidine rings is 1. The summed E-state index contributed by atoms with van der Waals surface area (Å²) in [7, 11) is 0. The third kappa shape index (κ3) is 3.22. The predicted molar refractivity (Wildman–Crippen MR) is 97.0 cm³/mol. The van der Waals surface area contributed by atoms with Gasteiger partial charge in [-0.15, -0.1) is 0 Å². The van der Waals surface area contributed by atoms with Gasteiger partial charge in [0.25, 0.3) is 0 Å². The Bertz CT molecular complexity index is 750. The van der Waals surface area contributed by atoms with E-state index in [9.17, 15) is 9.90 Å². The Hall–Kier alpha value is -1.39. The zero-order valence-electron chi connectivity index (χ0n) is 13.1. The van der Waals surface area contributed by atoms with Crippen LogP contribution >= 0.6 is 23.2 Å². The van der Waals surface area contributed by atoms with E-state index in [0.717, 1.165) is 12.1 Å². The quantitative estimate of drug-likeness (QED) is 0.813. The largest absolute Gasteiger partial charge is 0.395 e. The maximum atomic E-state index is 13.1. The smallest absolute Gasteiger partial charge is 0.168 e. The summed E-state index contributed by atoms with van der Waals surface area (Å²) < 4.78 is 0. The van der Waals surface area contributed by atoms with E-state index in [-0.39, 0.29) is 18.3 Å². The number of nitrogens with one attached hydrogen (secondary N) is 1. The average Bonchev–Trinajstić information content (AvgIpc) is 2.61. The molecule has 0 spiro atoms. The second-order valence-corrected chi connectivity index (χ2v) is 7.08. The maximum Gasteiger partial charge on any atom is 0.168 e. The molecule has 1 saturated heterocycles. The van der Waals surface area contributed by atoms with E-state index in [0.29, 0.717) is 28.6 Å². The average molecular weight is 364 g/mol. The van der Waals surface area contributed by atoms with E-state index < -0.39 is 5.41 Å². The summed E-state index contributed by atoms with van der Waals surface area (Å²) in [6, 6.07) is 14.4. The van der Waals surface area contributed by atoms with E-state index in [2.05, 4.69) is 5.32 Å². The first-order chi connectivity index (χ1) is 11.6. The van der Waals surface area contributed by atoms with Crippen LogP contribution in [-0.4, -0.2) is 30.6 Å². The Balaban J connectivity index is 2.04. The van der Waals surface area contributed by atoms with Gasteiger partial charge in [-0.05, 0) is 42.8 Å². The minimum Gasteiger partial charge on any atom is -0.395 e. The van der Waals surface area contributed by atoms with Crippen molar-refractivity contribution in [2.24, 2.45) is 5.92 Å². The van der Waals surface area contributed by atoms with Gasteiger partial charge in [0, 0.05) is 33.5 Å². The molecule has 2 atom stereocenters. The highest BCUT2D eigenvalue weighted by Crippen LogP contribution is 2.40. The van der Waals surface area contributed by atoms with Crippen molar-refractivity contribution in [2.75, 3.05) is 19.7 Å². The van der Waals surface area contributed by atoms with Crippen LogP contribution in [0.4, 0.5) is 0 Å². The number of carbonyl (C=O) groups is 1. The lowest BCUT2D eigenvalue weighted by Gasteiger charge is -2.43. The molecule has 1 aliphatic heterocycles. The van der Waals surface area contributed by atoms with Gasteiger partial charge < -0.3 is 10.4 Å². The number of rotatable bonds is 4. The van der Waals surface area contributed by atoms with Gasteiger partial charge in [0.05, 0.1) is 6.61 Å². The highest BCUT2D eigenvalue weighted by molar-refractivity contribution is 6.31. The highest BCUT2D eigenvalue weighted by atomic mass is 35.5. The fourth-order valence-electron chi connectivity index (χ4n) is 3.54. The summed E-state index contributed by atoms with van der Waals surface area (Å²) in [5, 5.41) is 14.7. The molecule has 126 valence electrons. The molecule has 24 heavy (non-hydrogen) atoms. The molecule has 0 saturated carbocycles. The molecule has 3 rings (SSSR count). The molecule has 0 amide bonds. The molecule has 2 aromatic carbocycles. The number of ketones is 1. The fraction of sp³-hybridized carbons (Fsp3) is 0.316. The van der Waals surface area contributed by atoms with Crippen LogP contribution in [0.2, 0.25) is 10.0 Å². The second-order valence-electron chi connectivity index (χ2n) is 6.21. The number of benzene rings is 2. The molecule has 5 heteroatoms. The standard InChI is InChI=1S/C19H19Cl2NO2/c20-15-5-1-3-13(9-15)18(24)17-11-22-8-7-19(17,12-23)14-4-2-6-16(21)10-14/h1-6,9-10,17,22-23H,7-8,11-12H2. The number of Topliss-reactive ketones (excluding diaryl/α,β-unsaturated/α-hetero) is 1. The maximum absolute atomic E-state index is 13.1. The molecular weight excluding hydrogens is 345 g/mol. The van der Waals surface area contributed by atoms with E-state index in [1.165, 1.54) is 0 Å². The predicted octanol–water partition coefficient (Wildman–Crippen LogP) is 3.72. The van der Waals surface area contributed by atoms with Crippen LogP contribution in [0, 0.1) is 5.92 Å². The third-order valence-corrected chi connectivity index (χ3v) is 5.34. The molecule has 1 aliphatic rings. The van der Waals surface area contributed by atoms with Crippen molar-refractivity contribution in [1.29, 1.82) is 0 Å². The molecular formula is C19H19Cl2NO2. The lowest BCUT2D eigenvalue weighted by molar-refractivity contribution is 0.0658. The number of carbonyl (C=O) groups excluding carboxylic acids is 1. The van der Waals surface area contributed by atoms with Gasteiger partial charge in [0.2, 0.25) is 0 Å². The van der Waals surface area contributed by atoms with E-state index in [1.807, 2.05) is 18.2 Å². The number of hydrogen-bond acceptors (Lipinski definition) is 3. The summed E-state index contributed by atoms with van der Waals surface area (Å²) in [5.74, 6) is -0.396. The number of hydrogen-bond donors (Lipinski definition) is 2. The highest BCUT2D eigenvalue weighted by Gasteiger charge is 2.45. The molecule has 2 aromatic rings. The molecule has 0 bridgehead atoms. The Labute approximate surface area is 151 Å². The van der Waals surface area contributed by atoms with E-state index >= 15 is 0 Å². The molecule has 2 N–H and O–H groups in total. The first kappa shape index (κ1) is 17.4. The fourth-order valence-corrected chi connectivity index (χ4v) is 3.92. The second kappa shape index (κ2) is 7.24. The zero-order valence-corrected chi connectivity index (χ0v) is 14.6. The van der Waals surface area contributed by atoms with Crippen LogP contribution in [0.5, 0.6) is 0 Å². The number of aliphatic hydroxyl groups excluding tert-OH is 1. The van der Waals surface area contributed by atoms with Crippen LogP contribution in [0.15, 0.2) is 48.5 Å². The van der Waals surface area contributed by atoms with Crippen molar-refractivity contribution < 1.29 is 9.90 Å². The summed E-state index contributed by atoms with van der Waals surface area (Å²) >= 11 is 12.2. The van der Waals surface area contributed by atoms with Crippen molar-refractivity contribution in [3.05, 3.63) is 69.7 Å². The Kier molecular flexibility index (Phi) is 5.26. The third-order valence-electron chi connectivity index (χ3n) is 4.87. The number of aliphatic hydroxyl groups is 1. The van der Waals surface area contributed by atoms with Crippen molar-refractivity contribution in [3.8, 4) is 0 Å². The molecule has 0 radical (unpaired) electrons. The van der Waals surface area contributed by atoms with Crippen molar-refractivity contribution in [1.82, 2.24) is 5.32 Å². The van der Waals surface area contributed by atoms with Crippen LogP contribution in [0.1, 0.15) is 22.3 Å². The van der Waals surface area contributed by atoms with Gasteiger partial charge in [0.1, 0.15) is 0 Å². The Morgan fingerprint density at radius 3 is 2.54 bits per heavy atom. The summed E-state index contributed by atoms with van der Waals surface area (Å²) in [6.07, 6.45) is 0.667. The minimum absolute atomic E-state index is 0.0151. The molecule has 1 fully saturated rings. The lowest BCUT2D eigenvalue weighted by atomic mass is 9.64. The Morgan fingerprint density at radius 2 is 1.88 bits per heavy atom. The van der Waals surface area contributed by atoms with E-state index in [1.54, 1.807) is 30.3 Å². The van der Waals surface area contributed by atoms with Crippen LogP contribution in [-0.2, 0) is 5.41 Å². The monoisotopic (exact) mass is 363 g/mol. The molecule has 3 nitrogen and oxygen atoms in total. The van der Waals surface area contributed by atoms with Crippen LogP contribution in [0.25, 0.3) is 0 Å². The van der Waals surface area contributed by atoms with Gasteiger partial charge in [-0.3, -0.25) is 4.79 Å². The van der Waals surface area contributed by atoms with Gasteiger partial charge in [-0.2, -0.15) is 0 Å². The Morgan fingerprint density at radius 1 is 1.17 bits per heavy atom. The van der Waals surface area contributed by atoms with Gasteiger partial charge in [-0.25, -0.2) is 0 Å². The van der Waals surface area contributed by atoms with Gasteiger partial charge in [-0.1, -0.05) is 47.5 Å². The van der Waals surface area contributed by atoms with Crippen LogP contribution in [0.3, 0.4) is 0 Å². The summed E-state index contributed by atoms with van der Waals surface area (Å²) in [6.45, 7) is 1.15. The van der Waals surface area contributed by atoms with Crippen LogP contribution < -0.4 is 5.32 Å². The van der Waals surface area contributed by atoms with E-state index in [4.69, 9.17) is 23.2 Å². The SMILES string of the molecule is O=C(c1cccc(Cl)c1)C1CNCCC1(CO)c1cccc(Cl)c1. The topological polar surface area (TPSA) is 49.3 Å². The first-order valence-electron chi connectivity index (χ1n) is 7.94. The molecule has 0 aliphatic carbocycles. The first-order valence-corrected chi connectivity index (χ1v) is 8.70. The minimum atomic E-state index is -0.643. The molecule has 2 unspecified atom stereocenters.